The van der Waals surface area contributed by atoms with Crippen LogP contribution in [-0.2, 0) is 11.3 Å². The van der Waals surface area contributed by atoms with Crippen molar-refractivity contribution in [2.75, 3.05) is 17.8 Å². The van der Waals surface area contributed by atoms with Crippen molar-refractivity contribution in [1.82, 2.24) is 4.98 Å². The number of aromatic nitrogens is 1. The molecule has 0 aliphatic rings. The van der Waals surface area contributed by atoms with Crippen LogP contribution in [0.3, 0.4) is 0 Å². The second-order valence-electron chi connectivity index (χ2n) is 6.13. The van der Waals surface area contributed by atoms with E-state index in [1.54, 1.807) is 18.3 Å². The third-order valence-electron chi connectivity index (χ3n) is 4.19. The number of halogens is 1. The van der Waals surface area contributed by atoms with E-state index in [1.165, 1.54) is 23.1 Å². The highest BCUT2D eigenvalue weighted by molar-refractivity contribution is 8.00. The Morgan fingerprint density at radius 3 is 2.79 bits per heavy atom. The van der Waals surface area contributed by atoms with E-state index in [9.17, 15) is 4.79 Å². The van der Waals surface area contributed by atoms with E-state index < -0.39 is 0 Å². The monoisotopic (exact) mass is 444 g/mol. The molecule has 0 N–H and O–H groups in total. The second kappa shape index (κ2) is 8.90. The minimum absolute atomic E-state index is 0.0487. The van der Waals surface area contributed by atoms with Crippen LogP contribution in [0.25, 0.3) is 10.2 Å². The first kappa shape index (κ1) is 19.8. The molecule has 29 heavy (non-hydrogen) atoms. The van der Waals surface area contributed by atoms with Crippen molar-refractivity contribution in [2.45, 2.75) is 11.4 Å². The largest absolute Gasteiger partial charge is 0.497 e. The molecule has 0 unspecified atom stereocenters. The molecule has 0 aliphatic carbocycles. The van der Waals surface area contributed by atoms with Crippen molar-refractivity contribution in [3.05, 3.63) is 71.6 Å². The summed E-state index contributed by atoms with van der Waals surface area (Å²) >= 11 is 8.86. The van der Waals surface area contributed by atoms with Gasteiger partial charge in [0.05, 0.1) is 35.9 Å². The number of hydrogen-bond acceptors (Lipinski definition) is 6. The molecular weight excluding hydrogens is 428 g/mol. The fourth-order valence-corrected chi connectivity index (χ4v) is 4.58. The van der Waals surface area contributed by atoms with Gasteiger partial charge in [-0.15, -0.1) is 11.8 Å². The fourth-order valence-electron chi connectivity index (χ4n) is 2.71. The van der Waals surface area contributed by atoms with Gasteiger partial charge in [-0.2, -0.15) is 0 Å². The van der Waals surface area contributed by atoms with Crippen LogP contribution >= 0.6 is 34.7 Å². The molecule has 1 amide bonds. The summed E-state index contributed by atoms with van der Waals surface area (Å²) in [5.74, 6) is 1.66. The number of ether oxygens (including phenoxy) is 1. The van der Waals surface area contributed by atoms with Gasteiger partial charge in [-0.25, -0.2) is 4.98 Å². The van der Waals surface area contributed by atoms with Crippen LogP contribution in [0, 0.1) is 0 Å². The molecule has 0 fully saturated rings. The van der Waals surface area contributed by atoms with Crippen LogP contribution in [0.5, 0.6) is 5.75 Å². The topological polar surface area (TPSA) is 55.6 Å². The summed E-state index contributed by atoms with van der Waals surface area (Å²) in [6, 6.07) is 16.8. The highest BCUT2D eigenvalue weighted by Gasteiger charge is 2.21. The van der Waals surface area contributed by atoms with Gasteiger partial charge in [-0.3, -0.25) is 9.69 Å². The highest BCUT2D eigenvalue weighted by Crippen LogP contribution is 2.33. The predicted octanol–water partition coefficient (Wildman–Crippen LogP) is 5.88. The molecule has 4 aromatic rings. The standard InChI is InChI=1S/C21H17ClN2O3S2/c1-26-15-6-9-19-18(11-15)23-21(29-19)24(12-16-3-2-10-27-16)20(25)13-28-17-7-4-14(22)5-8-17/h2-11H,12-13H2,1H3. The third-order valence-corrected chi connectivity index (χ3v) is 6.49. The van der Waals surface area contributed by atoms with Crippen molar-refractivity contribution in [3.8, 4) is 5.75 Å². The van der Waals surface area contributed by atoms with Crippen molar-refractivity contribution in [1.29, 1.82) is 0 Å². The normalized spacial score (nSPS) is 11.0. The molecule has 4 rings (SSSR count). The van der Waals surface area contributed by atoms with Crippen molar-refractivity contribution >= 4 is 56.0 Å². The van der Waals surface area contributed by atoms with Crippen LogP contribution < -0.4 is 9.64 Å². The predicted molar refractivity (Wildman–Crippen MR) is 118 cm³/mol. The average Bonchev–Trinajstić information content (AvgIpc) is 3.40. The Morgan fingerprint density at radius 2 is 2.07 bits per heavy atom. The molecule has 2 aromatic heterocycles. The number of methoxy groups -OCH3 is 1. The number of furan rings is 1. The summed E-state index contributed by atoms with van der Waals surface area (Å²) in [5, 5.41) is 1.30. The first-order valence-electron chi connectivity index (χ1n) is 8.78. The third kappa shape index (κ3) is 4.75. The van der Waals surface area contributed by atoms with Gasteiger partial charge in [0.1, 0.15) is 11.5 Å². The van der Waals surface area contributed by atoms with E-state index in [0.29, 0.717) is 22.5 Å². The summed E-state index contributed by atoms with van der Waals surface area (Å²) in [6.45, 7) is 0.323. The SMILES string of the molecule is COc1ccc2sc(N(Cc3ccco3)C(=O)CSc3ccc(Cl)cc3)nc2c1. The zero-order valence-electron chi connectivity index (χ0n) is 15.5. The van der Waals surface area contributed by atoms with E-state index in [1.807, 2.05) is 54.6 Å². The van der Waals surface area contributed by atoms with Crippen LogP contribution in [0.2, 0.25) is 5.02 Å². The lowest BCUT2D eigenvalue weighted by molar-refractivity contribution is -0.116. The number of thioether (sulfide) groups is 1. The number of thiazole rings is 1. The fraction of sp³-hybridized carbons (Fsp3) is 0.143. The number of anilines is 1. The summed E-state index contributed by atoms with van der Waals surface area (Å²) < 4.78 is 11.7. The van der Waals surface area contributed by atoms with E-state index >= 15 is 0 Å². The van der Waals surface area contributed by atoms with Crippen LogP contribution in [-0.4, -0.2) is 23.8 Å². The van der Waals surface area contributed by atoms with Gasteiger partial charge < -0.3 is 9.15 Å². The minimum Gasteiger partial charge on any atom is -0.497 e. The first-order chi connectivity index (χ1) is 14.1. The molecule has 0 radical (unpaired) electrons. The summed E-state index contributed by atoms with van der Waals surface area (Å²) in [4.78, 5) is 20.4. The molecule has 2 aromatic carbocycles. The lowest BCUT2D eigenvalue weighted by atomic mass is 10.3. The molecule has 0 atom stereocenters. The quantitative estimate of drug-likeness (QED) is 0.333. The van der Waals surface area contributed by atoms with Gasteiger partial charge in [0.15, 0.2) is 5.13 Å². The molecular formula is C21H17ClN2O3S2. The number of carbonyl (C=O) groups excluding carboxylic acids is 1. The molecule has 0 bridgehead atoms. The smallest absolute Gasteiger partial charge is 0.239 e. The Bertz CT molecular complexity index is 1110. The maximum absolute atomic E-state index is 13.1. The summed E-state index contributed by atoms with van der Waals surface area (Å²) in [5.41, 5.74) is 0.798. The van der Waals surface area contributed by atoms with E-state index in [0.717, 1.165) is 20.9 Å². The lowest BCUT2D eigenvalue weighted by Crippen LogP contribution is -2.31. The molecule has 8 heteroatoms. The van der Waals surface area contributed by atoms with Gasteiger partial charge in [-0.05, 0) is 48.5 Å². The van der Waals surface area contributed by atoms with Crippen LogP contribution in [0.1, 0.15) is 5.76 Å². The zero-order valence-corrected chi connectivity index (χ0v) is 17.9. The van der Waals surface area contributed by atoms with E-state index in [2.05, 4.69) is 4.98 Å². The van der Waals surface area contributed by atoms with E-state index in [4.69, 9.17) is 20.8 Å². The Kier molecular flexibility index (Phi) is 6.08. The molecule has 0 saturated heterocycles. The van der Waals surface area contributed by atoms with Crippen LogP contribution in [0.4, 0.5) is 5.13 Å². The molecule has 0 saturated carbocycles. The first-order valence-corrected chi connectivity index (χ1v) is 11.0. The van der Waals surface area contributed by atoms with Gasteiger partial charge in [0.2, 0.25) is 5.91 Å². The number of benzene rings is 2. The van der Waals surface area contributed by atoms with Crippen LogP contribution in [0.15, 0.2) is 70.2 Å². The van der Waals surface area contributed by atoms with Gasteiger partial charge in [-0.1, -0.05) is 22.9 Å². The number of fused-ring (bicyclic) bond motifs is 1. The Labute approximate surface area is 181 Å². The Morgan fingerprint density at radius 1 is 1.24 bits per heavy atom. The molecule has 5 nitrogen and oxygen atoms in total. The molecule has 0 aliphatic heterocycles. The lowest BCUT2D eigenvalue weighted by Gasteiger charge is -2.18. The van der Waals surface area contributed by atoms with Gasteiger partial charge in [0, 0.05) is 16.0 Å². The van der Waals surface area contributed by atoms with Gasteiger partial charge in [0.25, 0.3) is 0 Å². The summed E-state index contributed by atoms with van der Waals surface area (Å²) in [6.07, 6.45) is 1.60. The van der Waals surface area contributed by atoms with Crippen molar-refractivity contribution in [2.24, 2.45) is 0 Å². The highest BCUT2D eigenvalue weighted by atomic mass is 35.5. The van der Waals surface area contributed by atoms with Crippen molar-refractivity contribution < 1.29 is 13.9 Å². The number of nitrogens with zero attached hydrogens (tertiary/aromatic N) is 2. The Balaban J connectivity index is 1.58. The van der Waals surface area contributed by atoms with Crippen molar-refractivity contribution in [3.63, 3.8) is 0 Å². The number of hydrogen-bond donors (Lipinski definition) is 0. The molecule has 2 heterocycles. The Hall–Kier alpha value is -2.48. The minimum atomic E-state index is -0.0487. The zero-order chi connectivity index (χ0) is 20.2. The molecule has 148 valence electrons. The van der Waals surface area contributed by atoms with E-state index in [-0.39, 0.29) is 11.7 Å². The number of rotatable bonds is 7. The van der Waals surface area contributed by atoms with Gasteiger partial charge >= 0.3 is 0 Å². The second-order valence-corrected chi connectivity index (χ2v) is 8.63. The maximum atomic E-state index is 13.1. The molecule has 0 spiro atoms. The maximum Gasteiger partial charge on any atom is 0.239 e. The number of amides is 1. The number of carbonyl (C=O) groups is 1. The summed E-state index contributed by atoms with van der Waals surface area (Å²) in [7, 11) is 1.62. The average molecular weight is 445 g/mol.